The minimum Gasteiger partial charge on any atom is -0.489 e. The van der Waals surface area contributed by atoms with E-state index in [0.29, 0.717) is 13.2 Å². The highest BCUT2D eigenvalue weighted by Gasteiger charge is 2.32. The molecule has 1 N–H and O–H groups in total. The number of aryl methyl sites for hydroxylation is 1. The molecule has 0 aromatic heterocycles. The molecule has 0 aliphatic carbocycles. The first-order chi connectivity index (χ1) is 21.2. The van der Waals surface area contributed by atoms with Crippen LogP contribution in [-0.2, 0) is 40.1 Å². The van der Waals surface area contributed by atoms with Crippen molar-refractivity contribution in [3.8, 4) is 28.0 Å². The van der Waals surface area contributed by atoms with E-state index in [1.165, 1.54) is 5.69 Å². The summed E-state index contributed by atoms with van der Waals surface area (Å²) in [6.45, 7) is 10.2. The number of carboxylic acids is 1. The van der Waals surface area contributed by atoms with E-state index in [4.69, 9.17) is 9.47 Å². The minimum absolute atomic E-state index is 0.111. The molecular formula is C36H38N2O5S. The Bertz CT molecular complexity index is 1740. The molecule has 0 amide bonds. The number of carboxylic acid groups (broad SMARTS) is 1. The smallest absolute Gasteiger partial charge is 0.307 e. The van der Waals surface area contributed by atoms with Crippen LogP contribution in [0.25, 0.3) is 22.3 Å². The lowest BCUT2D eigenvalue weighted by Crippen LogP contribution is -2.36. The highest BCUT2D eigenvalue weighted by atomic mass is 32.2. The Labute approximate surface area is 261 Å². The topological polar surface area (TPSA) is 79.3 Å². The van der Waals surface area contributed by atoms with E-state index in [9.17, 15) is 14.1 Å². The van der Waals surface area contributed by atoms with Gasteiger partial charge < -0.3 is 19.5 Å². The summed E-state index contributed by atoms with van der Waals surface area (Å²) in [6.07, 6.45) is 1.57. The van der Waals surface area contributed by atoms with Crippen LogP contribution in [-0.4, -0.2) is 47.8 Å². The fourth-order valence-corrected chi connectivity index (χ4v) is 7.30. The number of aliphatic carboxylic acids is 1. The molecule has 4 aromatic rings. The van der Waals surface area contributed by atoms with E-state index in [0.717, 1.165) is 93.4 Å². The van der Waals surface area contributed by atoms with Crippen LogP contribution in [0.4, 0.5) is 11.4 Å². The predicted molar refractivity (Wildman–Crippen MR) is 177 cm³/mol. The Morgan fingerprint density at radius 3 is 2.41 bits per heavy atom. The zero-order chi connectivity index (χ0) is 31.0. The van der Waals surface area contributed by atoms with E-state index in [1.807, 2.05) is 24.2 Å². The summed E-state index contributed by atoms with van der Waals surface area (Å²) in [6, 6.07) is 22.8. The number of ether oxygens (including phenoxy) is 2. The molecule has 1 saturated heterocycles. The SMILES string of the molecule is Cc1ccc(-c2c(C)c3c(c(C)c2CC(=O)O)N(S(C)=O)Cc2cc(OCc4cccc(N5CCOCC5)c4)ccc2-3)cc1. The Morgan fingerprint density at radius 1 is 0.955 bits per heavy atom. The van der Waals surface area contributed by atoms with Crippen molar-refractivity contribution >= 4 is 28.3 Å². The molecule has 4 aromatic carbocycles. The van der Waals surface area contributed by atoms with E-state index in [1.54, 1.807) is 6.26 Å². The van der Waals surface area contributed by atoms with Gasteiger partial charge in [-0.15, -0.1) is 0 Å². The van der Waals surface area contributed by atoms with Gasteiger partial charge in [0.25, 0.3) is 0 Å². The van der Waals surface area contributed by atoms with Crippen molar-refractivity contribution in [1.29, 1.82) is 0 Å². The standard InChI is InChI=1S/C36H38N2O5S/c1-23-8-10-27(11-9-23)34-25(3)35-31-13-12-30(43-22-26-6-5-7-29(18-26)37-14-16-42-17-15-37)19-28(31)21-38(44(4)41)36(35)24(2)32(34)20-33(39)40/h5-13,18-19H,14-17,20-22H2,1-4H3,(H,39,40). The second kappa shape index (κ2) is 12.5. The molecule has 2 aliphatic rings. The Hall–Kier alpha value is -4.14. The van der Waals surface area contributed by atoms with Crippen molar-refractivity contribution in [3.05, 3.63) is 100 Å². The van der Waals surface area contributed by atoms with Crippen LogP contribution < -0.4 is 13.9 Å². The zero-order valence-corrected chi connectivity index (χ0v) is 26.5. The number of benzene rings is 4. The first-order valence-corrected chi connectivity index (χ1v) is 16.5. The lowest BCUT2D eigenvalue weighted by Gasteiger charge is -2.35. The van der Waals surface area contributed by atoms with Crippen LogP contribution in [0.15, 0.2) is 66.7 Å². The van der Waals surface area contributed by atoms with Gasteiger partial charge in [-0.05, 0) is 89.5 Å². The third kappa shape index (κ3) is 5.84. The zero-order valence-electron chi connectivity index (χ0n) is 25.7. The summed E-state index contributed by atoms with van der Waals surface area (Å²) in [5, 5.41) is 9.88. The van der Waals surface area contributed by atoms with Gasteiger partial charge in [0.1, 0.15) is 23.3 Å². The highest BCUT2D eigenvalue weighted by molar-refractivity contribution is 7.85. The maximum absolute atomic E-state index is 13.2. The molecule has 0 saturated carbocycles. The molecule has 0 radical (unpaired) electrons. The molecule has 8 heteroatoms. The van der Waals surface area contributed by atoms with Gasteiger partial charge in [0.05, 0.1) is 31.9 Å². The van der Waals surface area contributed by atoms with E-state index in [-0.39, 0.29) is 6.42 Å². The second-order valence-electron chi connectivity index (χ2n) is 11.6. The number of fused-ring (bicyclic) bond motifs is 3. The fourth-order valence-electron chi connectivity index (χ4n) is 6.49. The average Bonchev–Trinajstić information content (AvgIpc) is 3.02. The molecular weight excluding hydrogens is 572 g/mol. The molecule has 0 spiro atoms. The summed E-state index contributed by atoms with van der Waals surface area (Å²) in [7, 11) is -1.33. The fraction of sp³-hybridized carbons (Fsp3) is 0.306. The maximum Gasteiger partial charge on any atom is 0.307 e. The Kier molecular flexibility index (Phi) is 8.47. The molecule has 2 heterocycles. The van der Waals surface area contributed by atoms with Crippen LogP contribution >= 0.6 is 0 Å². The van der Waals surface area contributed by atoms with Gasteiger partial charge in [-0.25, -0.2) is 4.21 Å². The highest BCUT2D eigenvalue weighted by Crippen LogP contribution is 2.49. The largest absolute Gasteiger partial charge is 0.489 e. The molecule has 44 heavy (non-hydrogen) atoms. The Balaban J connectivity index is 1.39. The van der Waals surface area contributed by atoms with Crippen LogP contribution in [0.1, 0.15) is 33.4 Å². The third-order valence-electron chi connectivity index (χ3n) is 8.68. The Morgan fingerprint density at radius 2 is 1.70 bits per heavy atom. The van der Waals surface area contributed by atoms with Gasteiger partial charge >= 0.3 is 5.97 Å². The molecule has 2 aliphatic heterocycles. The number of rotatable bonds is 8. The molecule has 0 bridgehead atoms. The van der Waals surface area contributed by atoms with Crippen LogP contribution in [0.2, 0.25) is 0 Å². The third-order valence-corrected chi connectivity index (χ3v) is 9.61. The number of carbonyl (C=O) groups is 1. The average molecular weight is 611 g/mol. The van der Waals surface area contributed by atoms with Gasteiger partial charge in [-0.2, -0.15) is 0 Å². The maximum atomic E-state index is 13.2. The number of anilines is 2. The van der Waals surface area contributed by atoms with Gasteiger partial charge in [0, 0.05) is 30.6 Å². The normalized spacial score (nSPS) is 15.0. The van der Waals surface area contributed by atoms with E-state index >= 15 is 0 Å². The van der Waals surface area contributed by atoms with Gasteiger partial charge in [0.2, 0.25) is 0 Å². The summed E-state index contributed by atoms with van der Waals surface area (Å²) in [5.74, 6) is -0.139. The number of hydrogen-bond acceptors (Lipinski definition) is 5. The lowest BCUT2D eigenvalue weighted by molar-refractivity contribution is -0.136. The molecule has 1 fully saturated rings. The van der Waals surface area contributed by atoms with Crippen molar-refractivity contribution in [2.75, 3.05) is 41.8 Å². The molecule has 7 nitrogen and oxygen atoms in total. The molecule has 6 rings (SSSR count). The van der Waals surface area contributed by atoms with E-state index < -0.39 is 17.0 Å². The molecule has 1 atom stereocenters. The molecule has 228 valence electrons. The number of nitrogens with zero attached hydrogens (tertiary/aromatic N) is 2. The van der Waals surface area contributed by atoms with Crippen molar-refractivity contribution < 1.29 is 23.6 Å². The monoisotopic (exact) mass is 610 g/mol. The van der Waals surface area contributed by atoms with Crippen molar-refractivity contribution in [2.24, 2.45) is 0 Å². The van der Waals surface area contributed by atoms with Gasteiger partial charge in [0.15, 0.2) is 0 Å². The first kappa shape index (κ1) is 29.9. The van der Waals surface area contributed by atoms with Crippen molar-refractivity contribution in [1.82, 2.24) is 0 Å². The summed E-state index contributed by atoms with van der Waals surface area (Å²) < 4.78 is 26.9. The summed E-state index contributed by atoms with van der Waals surface area (Å²) in [5.41, 5.74) is 11.8. The van der Waals surface area contributed by atoms with Crippen LogP contribution in [0, 0.1) is 20.8 Å². The van der Waals surface area contributed by atoms with Crippen LogP contribution in [0.3, 0.4) is 0 Å². The van der Waals surface area contributed by atoms with E-state index in [2.05, 4.69) is 72.5 Å². The molecule has 1 unspecified atom stereocenters. The predicted octanol–water partition coefficient (Wildman–Crippen LogP) is 6.60. The summed E-state index contributed by atoms with van der Waals surface area (Å²) in [4.78, 5) is 14.4. The van der Waals surface area contributed by atoms with Crippen molar-refractivity contribution in [2.45, 2.75) is 40.3 Å². The van der Waals surface area contributed by atoms with Gasteiger partial charge in [-0.1, -0.05) is 48.0 Å². The minimum atomic E-state index is -1.33. The number of morpholine rings is 1. The number of hydrogen-bond donors (Lipinski definition) is 1. The summed E-state index contributed by atoms with van der Waals surface area (Å²) >= 11 is 0. The lowest BCUT2D eigenvalue weighted by atomic mass is 9.81. The van der Waals surface area contributed by atoms with Crippen LogP contribution in [0.5, 0.6) is 5.75 Å². The second-order valence-corrected chi connectivity index (χ2v) is 12.9. The van der Waals surface area contributed by atoms with Crippen molar-refractivity contribution in [3.63, 3.8) is 0 Å². The quantitative estimate of drug-likeness (QED) is 0.242. The van der Waals surface area contributed by atoms with Gasteiger partial charge in [-0.3, -0.25) is 9.10 Å². The first-order valence-electron chi connectivity index (χ1n) is 14.9.